The molecule has 2 atom stereocenters. The molecule has 3 aromatic rings. The van der Waals surface area contributed by atoms with Gasteiger partial charge in [-0.1, -0.05) is 19.2 Å². The van der Waals surface area contributed by atoms with Crippen molar-refractivity contribution in [1.82, 2.24) is 10.3 Å². The topological polar surface area (TPSA) is 57.3 Å². The maximum Gasteiger partial charge on any atom is 0.416 e. The molecule has 2 aromatic carbocycles. The number of alkyl halides is 3. The number of carbonyl (C=O) groups excluding carboxylic acids is 1. The largest absolute Gasteiger partial charge is 0.416 e. The van der Waals surface area contributed by atoms with Crippen molar-refractivity contribution in [1.29, 1.82) is 0 Å². The number of anilines is 2. The highest BCUT2D eigenvalue weighted by molar-refractivity contribution is 5.91. The van der Waals surface area contributed by atoms with E-state index in [0.29, 0.717) is 45.8 Å². The lowest BCUT2D eigenvalue weighted by Gasteiger charge is -2.29. The number of pyridine rings is 1. The van der Waals surface area contributed by atoms with E-state index in [1.54, 1.807) is 25.3 Å². The smallest absolute Gasteiger partial charge is 0.340 e. The molecule has 1 fully saturated rings. The molecule has 1 saturated heterocycles. The first-order valence-electron chi connectivity index (χ1n) is 12.4. The van der Waals surface area contributed by atoms with Crippen molar-refractivity contribution in [2.75, 3.05) is 10.2 Å². The molecule has 1 aliphatic rings. The van der Waals surface area contributed by atoms with Gasteiger partial charge in [0.1, 0.15) is 5.82 Å². The third-order valence-corrected chi connectivity index (χ3v) is 6.94. The SMILES string of the molecule is C=C(C)c1c(N2C(=C)[C@H](NC(=O)Nc3ccc(C(F)(F)F)cc3C)CC2C)ccc(-c2cccnc2C)c1F. The van der Waals surface area contributed by atoms with Crippen LogP contribution in [0.2, 0.25) is 0 Å². The Kier molecular flexibility index (Phi) is 7.54. The average Bonchev–Trinajstić information content (AvgIpc) is 3.12. The summed E-state index contributed by atoms with van der Waals surface area (Å²) in [7, 11) is 0. The third-order valence-electron chi connectivity index (χ3n) is 6.94. The molecular weight excluding hydrogens is 508 g/mol. The highest BCUT2D eigenvalue weighted by Crippen LogP contribution is 2.41. The van der Waals surface area contributed by atoms with Gasteiger partial charge in [-0.2, -0.15) is 13.2 Å². The van der Waals surface area contributed by atoms with Crippen LogP contribution in [0, 0.1) is 19.7 Å². The number of nitrogens with zero attached hydrogens (tertiary/aromatic N) is 2. The van der Waals surface area contributed by atoms with Gasteiger partial charge in [-0.3, -0.25) is 4.98 Å². The number of benzene rings is 2. The lowest BCUT2D eigenvalue weighted by atomic mass is 9.96. The Hall–Kier alpha value is -4.14. The van der Waals surface area contributed by atoms with E-state index < -0.39 is 29.6 Å². The molecule has 1 aliphatic heterocycles. The van der Waals surface area contributed by atoms with Crippen LogP contribution in [-0.2, 0) is 6.18 Å². The molecule has 39 heavy (non-hydrogen) atoms. The van der Waals surface area contributed by atoms with Gasteiger partial charge in [0, 0.05) is 46.0 Å². The second kappa shape index (κ2) is 10.6. The van der Waals surface area contributed by atoms with Crippen molar-refractivity contribution in [3.05, 3.63) is 95.7 Å². The molecule has 5 nitrogen and oxygen atoms in total. The van der Waals surface area contributed by atoms with Crippen LogP contribution in [0.3, 0.4) is 0 Å². The van der Waals surface area contributed by atoms with Gasteiger partial charge in [0.05, 0.1) is 17.3 Å². The van der Waals surface area contributed by atoms with Crippen LogP contribution in [0.15, 0.2) is 67.5 Å². The third kappa shape index (κ3) is 5.53. The standard InChI is InChI=1S/C30H30F4N4O/c1-16(2)27-26(12-10-23(28(27)31)22-8-7-13-35-19(22)5)38-18(4)15-25(20(38)6)37-29(39)36-24-11-9-21(14-17(24)3)30(32,33)34/h7-14,18,25H,1,6,15H2,2-5H3,(H2,36,37,39)/t18?,25-/m1/s1. The highest BCUT2D eigenvalue weighted by atomic mass is 19.4. The summed E-state index contributed by atoms with van der Waals surface area (Å²) in [5.41, 5.74) is 3.62. The van der Waals surface area contributed by atoms with Crippen molar-refractivity contribution >= 4 is 23.0 Å². The Balaban J connectivity index is 1.57. The Morgan fingerprint density at radius 1 is 1.13 bits per heavy atom. The van der Waals surface area contributed by atoms with E-state index in [4.69, 9.17) is 0 Å². The van der Waals surface area contributed by atoms with E-state index in [-0.39, 0.29) is 17.3 Å². The lowest BCUT2D eigenvalue weighted by molar-refractivity contribution is -0.137. The van der Waals surface area contributed by atoms with Gasteiger partial charge in [0.15, 0.2) is 0 Å². The molecule has 0 bridgehead atoms. The number of aryl methyl sites for hydroxylation is 2. The number of hydrogen-bond acceptors (Lipinski definition) is 3. The molecule has 204 valence electrons. The summed E-state index contributed by atoms with van der Waals surface area (Å²) in [5, 5.41) is 5.47. The molecule has 4 rings (SSSR count). The Morgan fingerprint density at radius 2 is 1.85 bits per heavy atom. The predicted molar refractivity (Wildman–Crippen MR) is 147 cm³/mol. The number of amides is 2. The van der Waals surface area contributed by atoms with E-state index in [1.807, 2.05) is 30.9 Å². The van der Waals surface area contributed by atoms with Gasteiger partial charge in [-0.05, 0) is 81.7 Å². The zero-order valence-corrected chi connectivity index (χ0v) is 22.2. The number of urea groups is 1. The second-order valence-corrected chi connectivity index (χ2v) is 9.86. The summed E-state index contributed by atoms with van der Waals surface area (Å²) in [6.07, 6.45) is -2.31. The molecule has 0 radical (unpaired) electrons. The van der Waals surface area contributed by atoms with Gasteiger partial charge in [-0.15, -0.1) is 0 Å². The quantitative estimate of drug-likeness (QED) is 0.325. The fraction of sp³-hybridized carbons (Fsp3) is 0.267. The summed E-state index contributed by atoms with van der Waals surface area (Å²) < 4.78 is 54.9. The molecule has 2 amide bonds. The predicted octanol–water partition coefficient (Wildman–Crippen LogP) is 7.86. The molecule has 0 saturated carbocycles. The molecule has 0 spiro atoms. The summed E-state index contributed by atoms with van der Waals surface area (Å²) in [6.45, 7) is 15.2. The van der Waals surface area contributed by atoms with Crippen LogP contribution in [0.4, 0.5) is 33.7 Å². The first kappa shape index (κ1) is 27.9. The van der Waals surface area contributed by atoms with Crippen molar-refractivity contribution in [3.8, 4) is 11.1 Å². The Labute approximate surface area is 225 Å². The minimum Gasteiger partial charge on any atom is -0.340 e. The number of nitrogens with one attached hydrogen (secondary N) is 2. The summed E-state index contributed by atoms with van der Waals surface area (Å²) >= 11 is 0. The molecule has 9 heteroatoms. The summed E-state index contributed by atoms with van der Waals surface area (Å²) in [4.78, 5) is 18.9. The number of aromatic nitrogens is 1. The number of allylic oxidation sites excluding steroid dienone is 1. The maximum atomic E-state index is 16.0. The number of rotatable bonds is 5. The minimum absolute atomic E-state index is 0.126. The van der Waals surface area contributed by atoms with Crippen LogP contribution in [0.25, 0.3) is 16.7 Å². The van der Waals surface area contributed by atoms with Crippen LogP contribution < -0.4 is 15.5 Å². The minimum atomic E-state index is -4.47. The van der Waals surface area contributed by atoms with E-state index in [2.05, 4.69) is 28.8 Å². The summed E-state index contributed by atoms with van der Waals surface area (Å²) in [6, 6.07) is 9.06. The van der Waals surface area contributed by atoms with Crippen molar-refractivity contribution in [3.63, 3.8) is 0 Å². The summed E-state index contributed by atoms with van der Waals surface area (Å²) in [5.74, 6) is -0.414. The monoisotopic (exact) mass is 538 g/mol. The van der Waals surface area contributed by atoms with E-state index >= 15 is 4.39 Å². The van der Waals surface area contributed by atoms with Crippen molar-refractivity contribution in [2.45, 2.75) is 52.4 Å². The van der Waals surface area contributed by atoms with Crippen LogP contribution in [-0.4, -0.2) is 23.1 Å². The second-order valence-electron chi connectivity index (χ2n) is 9.86. The Bertz CT molecular complexity index is 1460. The molecule has 2 heterocycles. The fourth-order valence-corrected chi connectivity index (χ4v) is 5.01. The van der Waals surface area contributed by atoms with Gasteiger partial charge in [-0.25, -0.2) is 9.18 Å². The normalized spacial score (nSPS) is 17.3. The first-order valence-corrected chi connectivity index (χ1v) is 12.4. The van der Waals surface area contributed by atoms with Crippen molar-refractivity contribution < 1.29 is 22.4 Å². The lowest BCUT2D eigenvalue weighted by Crippen LogP contribution is -2.38. The van der Waals surface area contributed by atoms with Crippen molar-refractivity contribution in [2.24, 2.45) is 0 Å². The van der Waals surface area contributed by atoms with E-state index in [0.717, 1.165) is 12.1 Å². The average molecular weight is 539 g/mol. The van der Waals surface area contributed by atoms with Crippen LogP contribution >= 0.6 is 0 Å². The van der Waals surface area contributed by atoms with Gasteiger partial charge in [0.25, 0.3) is 0 Å². The van der Waals surface area contributed by atoms with E-state index in [1.165, 1.54) is 13.0 Å². The number of carbonyl (C=O) groups is 1. The Morgan fingerprint density at radius 3 is 2.46 bits per heavy atom. The van der Waals surface area contributed by atoms with Crippen LogP contribution in [0.1, 0.15) is 42.7 Å². The number of halogens is 4. The zero-order chi connectivity index (χ0) is 28.6. The van der Waals surface area contributed by atoms with Gasteiger partial charge in [0.2, 0.25) is 0 Å². The molecule has 1 aromatic heterocycles. The molecule has 0 aliphatic carbocycles. The maximum absolute atomic E-state index is 16.0. The number of hydrogen-bond donors (Lipinski definition) is 2. The first-order chi connectivity index (χ1) is 18.3. The molecular formula is C30H30F4N4O. The fourth-order valence-electron chi connectivity index (χ4n) is 5.01. The van der Waals surface area contributed by atoms with Gasteiger partial charge >= 0.3 is 12.2 Å². The zero-order valence-electron chi connectivity index (χ0n) is 22.2. The van der Waals surface area contributed by atoms with E-state index in [9.17, 15) is 18.0 Å². The molecule has 2 N–H and O–H groups in total. The highest BCUT2D eigenvalue weighted by Gasteiger charge is 2.36. The van der Waals surface area contributed by atoms with Crippen LogP contribution in [0.5, 0.6) is 0 Å². The van der Waals surface area contributed by atoms with Gasteiger partial charge < -0.3 is 15.5 Å². The molecule has 1 unspecified atom stereocenters.